The molecule has 14 heteroatoms. The Morgan fingerprint density at radius 1 is 1.13 bits per heavy atom. The van der Waals surface area contributed by atoms with Gasteiger partial charge in [-0.2, -0.15) is 0 Å². The lowest BCUT2D eigenvalue weighted by atomic mass is 9.85. The van der Waals surface area contributed by atoms with Crippen molar-refractivity contribution < 1.29 is 24.5 Å². The molecule has 204 valence electrons. The summed E-state index contributed by atoms with van der Waals surface area (Å²) in [6, 6.07) is 8.65. The molecular weight excluding hydrogens is 512 g/mol. The van der Waals surface area contributed by atoms with Crippen LogP contribution in [0, 0.1) is 0 Å². The third-order valence-corrected chi connectivity index (χ3v) is 7.13. The van der Waals surface area contributed by atoms with Gasteiger partial charge in [-0.3, -0.25) is 9.59 Å². The maximum absolute atomic E-state index is 12.2. The van der Waals surface area contributed by atoms with Gasteiger partial charge in [0.05, 0.1) is 36.4 Å². The van der Waals surface area contributed by atoms with E-state index in [1.54, 1.807) is 17.1 Å². The molecule has 0 bridgehead atoms. The summed E-state index contributed by atoms with van der Waals surface area (Å²) in [5.74, 6) is -0.658. The van der Waals surface area contributed by atoms with E-state index in [-0.39, 0.29) is 31.4 Å². The van der Waals surface area contributed by atoms with Gasteiger partial charge < -0.3 is 37.1 Å². The number of amides is 2. The second kappa shape index (κ2) is 13.0. The first kappa shape index (κ1) is 27.8. The van der Waals surface area contributed by atoms with E-state index in [4.69, 9.17) is 16.2 Å². The molecule has 0 radical (unpaired) electrons. The highest BCUT2D eigenvalue weighted by Gasteiger charge is 2.41. The quantitative estimate of drug-likeness (QED) is 0.178. The van der Waals surface area contributed by atoms with Gasteiger partial charge in [0.2, 0.25) is 11.8 Å². The molecule has 2 amide bonds. The number of aliphatic hydroxyl groups is 2. The molecule has 8 N–H and O–H groups in total. The van der Waals surface area contributed by atoms with Crippen LogP contribution in [-0.4, -0.2) is 85.6 Å². The van der Waals surface area contributed by atoms with Crippen molar-refractivity contribution in [3.8, 4) is 10.4 Å². The van der Waals surface area contributed by atoms with E-state index in [1.807, 2.05) is 30.3 Å². The Morgan fingerprint density at radius 2 is 1.92 bits per heavy atom. The molecule has 5 atom stereocenters. The molecule has 1 fully saturated rings. The number of benzene rings is 1. The Balaban J connectivity index is 1.13. The lowest BCUT2D eigenvalue weighted by molar-refractivity contribution is -0.128. The summed E-state index contributed by atoms with van der Waals surface area (Å²) in [4.78, 5) is 29.5. The van der Waals surface area contributed by atoms with Gasteiger partial charge in [0.25, 0.3) is 0 Å². The Morgan fingerprint density at radius 3 is 2.71 bits per heavy atom. The lowest BCUT2D eigenvalue weighted by Gasteiger charge is -2.39. The van der Waals surface area contributed by atoms with Crippen LogP contribution < -0.4 is 22.1 Å². The van der Waals surface area contributed by atoms with E-state index in [2.05, 4.69) is 25.9 Å². The average Bonchev–Trinajstić information content (AvgIpc) is 3.57. The molecule has 2 heterocycles. The minimum absolute atomic E-state index is 0.138. The van der Waals surface area contributed by atoms with Crippen molar-refractivity contribution >= 4 is 28.3 Å². The van der Waals surface area contributed by atoms with Gasteiger partial charge in [-0.05, 0) is 12.0 Å². The number of anilines is 1. The van der Waals surface area contributed by atoms with Gasteiger partial charge in [0, 0.05) is 37.3 Å². The van der Waals surface area contributed by atoms with Crippen molar-refractivity contribution in [3.63, 3.8) is 0 Å². The molecule has 1 aliphatic rings. The van der Waals surface area contributed by atoms with E-state index in [0.717, 1.165) is 10.4 Å². The van der Waals surface area contributed by atoms with Crippen molar-refractivity contribution in [2.75, 3.05) is 18.5 Å². The van der Waals surface area contributed by atoms with Crippen LogP contribution >= 0.6 is 11.3 Å². The molecule has 3 aromatic rings. The van der Waals surface area contributed by atoms with Gasteiger partial charge in [0.15, 0.2) is 5.13 Å². The molecule has 0 unspecified atom stereocenters. The summed E-state index contributed by atoms with van der Waals surface area (Å²) in [6.07, 6.45) is 1.25. The fourth-order valence-electron chi connectivity index (χ4n) is 4.10. The smallest absolute Gasteiger partial charge is 0.245 e. The number of nitrogens with one attached hydrogen (secondary N) is 2. The van der Waals surface area contributed by atoms with Crippen LogP contribution in [0.5, 0.6) is 0 Å². The first-order chi connectivity index (χ1) is 18.3. The highest BCUT2D eigenvalue weighted by molar-refractivity contribution is 7.19. The predicted octanol–water partition coefficient (Wildman–Crippen LogP) is -0.746. The van der Waals surface area contributed by atoms with Gasteiger partial charge in [-0.15, -0.1) is 5.10 Å². The molecule has 2 aromatic heterocycles. The highest BCUT2D eigenvalue weighted by atomic mass is 32.1. The minimum Gasteiger partial charge on any atom is -0.389 e. The number of nitrogens with two attached hydrogens (primary N) is 2. The van der Waals surface area contributed by atoms with E-state index in [9.17, 15) is 19.8 Å². The number of nitrogens with zero attached hydrogens (tertiary/aromatic N) is 4. The summed E-state index contributed by atoms with van der Waals surface area (Å²) >= 11 is 1.36. The largest absolute Gasteiger partial charge is 0.389 e. The molecule has 4 rings (SSSR count). The topological polar surface area (TPSA) is 204 Å². The average molecular weight is 545 g/mol. The van der Waals surface area contributed by atoms with Crippen molar-refractivity contribution in [2.24, 2.45) is 11.5 Å². The number of hydrogen-bond donors (Lipinski definition) is 6. The maximum Gasteiger partial charge on any atom is 0.245 e. The second-order valence-corrected chi connectivity index (χ2v) is 10.1. The van der Waals surface area contributed by atoms with Gasteiger partial charge >= 0.3 is 0 Å². The number of ether oxygens (including phenoxy) is 1. The fraction of sp³-hybridized carbons (Fsp3) is 0.458. The Hall–Kier alpha value is -3.27. The van der Waals surface area contributed by atoms with Crippen molar-refractivity contribution in [1.29, 1.82) is 0 Å². The number of aliphatic hydroxyl groups excluding tert-OH is 2. The number of aromatic nitrogens is 4. The number of hydrogen-bond acceptors (Lipinski definition) is 11. The normalized spacial score (nSPS) is 23.2. The van der Waals surface area contributed by atoms with Gasteiger partial charge in [0.1, 0.15) is 12.2 Å². The van der Waals surface area contributed by atoms with Crippen molar-refractivity contribution in [1.82, 2.24) is 25.3 Å². The Labute approximate surface area is 223 Å². The van der Waals surface area contributed by atoms with Crippen LogP contribution in [0.15, 0.2) is 42.7 Å². The molecule has 1 saturated carbocycles. The summed E-state index contributed by atoms with van der Waals surface area (Å²) in [5, 5.41) is 33.9. The summed E-state index contributed by atoms with van der Waals surface area (Å²) in [5.41, 5.74) is 13.4. The van der Waals surface area contributed by atoms with E-state index < -0.39 is 30.4 Å². The van der Waals surface area contributed by atoms with Crippen LogP contribution in [0.4, 0.5) is 5.13 Å². The number of carbonyl (C=O) groups excluding carboxylic acids is 2. The first-order valence-electron chi connectivity index (χ1n) is 12.3. The molecule has 1 aliphatic carbocycles. The summed E-state index contributed by atoms with van der Waals surface area (Å²) in [7, 11) is 0. The fourth-order valence-corrected chi connectivity index (χ4v) is 4.93. The number of thiazole rings is 1. The molecule has 13 nitrogen and oxygen atoms in total. The van der Waals surface area contributed by atoms with Crippen LogP contribution in [0.2, 0.25) is 0 Å². The zero-order chi connectivity index (χ0) is 27.1. The van der Waals surface area contributed by atoms with E-state index >= 15 is 0 Å². The van der Waals surface area contributed by atoms with Crippen LogP contribution in [0.25, 0.3) is 10.4 Å². The molecule has 0 saturated heterocycles. The zero-order valence-electron chi connectivity index (χ0n) is 20.6. The van der Waals surface area contributed by atoms with Gasteiger partial charge in [-0.1, -0.05) is 46.9 Å². The molecule has 38 heavy (non-hydrogen) atoms. The predicted molar refractivity (Wildman–Crippen MR) is 140 cm³/mol. The van der Waals surface area contributed by atoms with Crippen LogP contribution in [0.3, 0.4) is 0 Å². The Bertz CT molecular complexity index is 1210. The lowest BCUT2D eigenvalue weighted by Crippen LogP contribution is -2.62. The maximum atomic E-state index is 12.2. The third-order valence-electron chi connectivity index (χ3n) is 6.17. The first-order valence-corrected chi connectivity index (χ1v) is 13.1. The minimum atomic E-state index is -1.16. The summed E-state index contributed by atoms with van der Waals surface area (Å²) < 4.78 is 7.23. The van der Waals surface area contributed by atoms with Crippen LogP contribution in [-0.2, 0) is 27.3 Å². The Kier molecular flexibility index (Phi) is 9.49. The van der Waals surface area contributed by atoms with E-state index in [0.29, 0.717) is 30.2 Å². The molecule has 1 aromatic carbocycles. The van der Waals surface area contributed by atoms with Crippen LogP contribution in [0.1, 0.15) is 18.5 Å². The second-order valence-electron chi connectivity index (χ2n) is 9.07. The zero-order valence-corrected chi connectivity index (χ0v) is 21.5. The molecule has 0 aliphatic heterocycles. The number of aryl methyl sites for hydroxylation is 1. The SMILES string of the molecule is N[C@@H]1C[C@H](N)[C@@H](OCCn2cc(CCC(=O)NCC(=O)Nc3ncc(-c4ccccc4)s3)nn2)[C@H](O)[C@H]1O. The van der Waals surface area contributed by atoms with Gasteiger partial charge in [-0.25, -0.2) is 9.67 Å². The number of carbonyl (C=O) groups is 2. The molecular formula is C24H32N8O5S. The highest BCUT2D eigenvalue weighted by Crippen LogP contribution is 2.28. The monoisotopic (exact) mass is 544 g/mol. The number of rotatable bonds is 11. The third kappa shape index (κ3) is 7.40. The molecule has 0 spiro atoms. The summed E-state index contributed by atoms with van der Waals surface area (Å²) in [6.45, 7) is 0.375. The van der Waals surface area contributed by atoms with E-state index in [1.165, 1.54) is 11.3 Å². The van der Waals surface area contributed by atoms with Crippen molar-refractivity contribution in [3.05, 3.63) is 48.4 Å². The van der Waals surface area contributed by atoms with Crippen molar-refractivity contribution in [2.45, 2.75) is 56.2 Å². The standard InChI is InChI=1S/C24H32N8O5S/c25-16-10-17(26)23(22(36)21(16)35)37-9-8-32-13-15(30-31-32)6-7-19(33)27-12-20(34)29-24-28-11-18(38-24)14-4-2-1-3-5-14/h1-5,11,13,16-17,21-23,35-36H,6-10,12,25-26H2,(H,27,33)(H,28,29,34)/t16-,17+,21+,22-,23-/m1/s1.